The summed E-state index contributed by atoms with van der Waals surface area (Å²) in [5, 5.41) is 0. The molecule has 1 aliphatic heterocycles. The first-order valence-electron chi connectivity index (χ1n) is 6.06. The van der Waals surface area contributed by atoms with Gasteiger partial charge in [0, 0.05) is 37.6 Å². The molecule has 0 aliphatic carbocycles. The fraction of sp³-hybridized carbons (Fsp3) is 1.00. The van der Waals surface area contributed by atoms with Crippen molar-refractivity contribution in [3.8, 4) is 0 Å². The molecular weight excluding hydrogens is 260 g/mol. The zero-order valence-electron chi connectivity index (χ0n) is 10.9. The highest BCUT2D eigenvalue weighted by Gasteiger charge is 2.30. The van der Waals surface area contributed by atoms with Gasteiger partial charge >= 0.3 is 0 Å². The van der Waals surface area contributed by atoms with Gasteiger partial charge in [0.1, 0.15) is 0 Å². The minimum atomic E-state index is -3.09. The highest BCUT2D eigenvalue weighted by molar-refractivity contribution is 7.89. The number of sulfonamides is 1. The average molecular weight is 283 g/mol. The summed E-state index contributed by atoms with van der Waals surface area (Å²) in [6, 6.07) is 0. The van der Waals surface area contributed by atoms with Gasteiger partial charge in [-0.3, -0.25) is 4.90 Å². The van der Waals surface area contributed by atoms with E-state index in [1.54, 1.807) is 4.31 Å². The number of alkyl halides is 1. The smallest absolute Gasteiger partial charge is 0.214 e. The lowest BCUT2D eigenvalue weighted by atomic mass is 10.1. The Balaban J connectivity index is 2.52. The SMILES string of the molecule is CC(C)(C)N1CCN(S(=O)(=O)CCCCl)CC1. The standard InChI is InChI=1S/C11H23ClN2O2S/c1-11(2,3)13-6-8-14(9-7-13)17(15,16)10-4-5-12/h4-10H2,1-3H3. The van der Waals surface area contributed by atoms with Crippen molar-refractivity contribution < 1.29 is 8.42 Å². The van der Waals surface area contributed by atoms with Gasteiger partial charge in [0.2, 0.25) is 10.0 Å². The molecule has 0 N–H and O–H groups in total. The van der Waals surface area contributed by atoms with Crippen molar-refractivity contribution in [1.82, 2.24) is 9.21 Å². The Morgan fingerprint density at radius 3 is 2.06 bits per heavy atom. The quantitative estimate of drug-likeness (QED) is 0.731. The van der Waals surface area contributed by atoms with E-state index < -0.39 is 10.0 Å². The Kier molecular flexibility index (Phi) is 5.25. The van der Waals surface area contributed by atoms with Gasteiger partial charge in [-0.05, 0) is 27.2 Å². The van der Waals surface area contributed by atoms with Gasteiger partial charge < -0.3 is 0 Å². The van der Waals surface area contributed by atoms with Crippen LogP contribution in [-0.2, 0) is 10.0 Å². The number of halogens is 1. The highest BCUT2D eigenvalue weighted by Crippen LogP contribution is 2.17. The van der Waals surface area contributed by atoms with Crippen molar-refractivity contribution in [2.24, 2.45) is 0 Å². The molecule has 0 aromatic carbocycles. The van der Waals surface area contributed by atoms with Gasteiger partial charge in [0.15, 0.2) is 0 Å². The van der Waals surface area contributed by atoms with Crippen molar-refractivity contribution in [2.45, 2.75) is 32.7 Å². The molecule has 0 atom stereocenters. The summed E-state index contributed by atoms with van der Waals surface area (Å²) in [5.74, 6) is 0.577. The first kappa shape index (κ1) is 15.2. The predicted octanol–water partition coefficient (Wildman–Crippen LogP) is 1.36. The van der Waals surface area contributed by atoms with Crippen LogP contribution in [0.4, 0.5) is 0 Å². The fourth-order valence-electron chi connectivity index (χ4n) is 2.00. The van der Waals surface area contributed by atoms with Crippen LogP contribution in [-0.4, -0.2) is 61.0 Å². The molecule has 1 aliphatic rings. The minimum Gasteiger partial charge on any atom is -0.296 e. The topological polar surface area (TPSA) is 40.6 Å². The van der Waals surface area contributed by atoms with Gasteiger partial charge in [-0.15, -0.1) is 11.6 Å². The molecule has 1 heterocycles. The third kappa shape index (κ3) is 4.39. The molecule has 102 valence electrons. The van der Waals surface area contributed by atoms with E-state index in [2.05, 4.69) is 25.7 Å². The molecule has 0 aromatic heterocycles. The van der Waals surface area contributed by atoms with Crippen LogP contribution >= 0.6 is 11.6 Å². The van der Waals surface area contributed by atoms with Gasteiger partial charge in [0.25, 0.3) is 0 Å². The maximum Gasteiger partial charge on any atom is 0.214 e. The van der Waals surface area contributed by atoms with E-state index in [1.165, 1.54) is 0 Å². The van der Waals surface area contributed by atoms with Crippen LogP contribution in [0, 0.1) is 0 Å². The number of hydrogen-bond donors (Lipinski definition) is 0. The molecule has 1 saturated heterocycles. The van der Waals surface area contributed by atoms with Gasteiger partial charge in [-0.1, -0.05) is 0 Å². The van der Waals surface area contributed by atoms with Gasteiger partial charge in [-0.25, -0.2) is 8.42 Å². The second-order valence-electron chi connectivity index (χ2n) is 5.42. The zero-order chi connectivity index (χ0) is 13.1. The highest BCUT2D eigenvalue weighted by atomic mass is 35.5. The summed E-state index contributed by atoms with van der Waals surface area (Å²) in [4.78, 5) is 2.32. The van der Waals surface area contributed by atoms with E-state index in [-0.39, 0.29) is 11.3 Å². The monoisotopic (exact) mass is 282 g/mol. The van der Waals surface area contributed by atoms with E-state index in [1.807, 2.05) is 0 Å². The normalized spacial score (nSPS) is 20.7. The summed E-state index contributed by atoms with van der Waals surface area (Å²) in [5.41, 5.74) is 0.117. The Hall–Kier alpha value is 0.160. The zero-order valence-corrected chi connectivity index (χ0v) is 12.5. The lowest BCUT2D eigenvalue weighted by Crippen LogP contribution is -2.54. The second kappa shape index (κ2) is 5.87. The summed E-state index contributed by atoms with van der Waals surface area (Å²) in [7, 11) is -3.09. The fourth-order valence-corrected chi connectivity index (χ4v) is 3.78. The molecule has 0 radical (unpaired) electrons. The summed E-state index contributed by atoms with van der Waals surface area (Å²) < 4.78 is 25.5. The van der Waals surface area contributed by atoms with Crippen molar-refractivity contribution in [3.63, 3.8) is 0 Å². The van der Waals surface area contributed by atoms with Crippen molar-refractivity contribution >= 4 is 21.6 Å². The van der Waals surface area contributed by atoms with E-state index in [9.17, 15) is 8.42 Å². The molecule has 0 bridgehead atoms. The largest absolute Gasteiger partial charge is 0.296 e. The Bertz CT molecular complexity index is 330. The second-order valence-corrected chi connectivity index (χ2v) is 7.88. The van der Waals surface area contributed by atoms with E-state index in [0.29, 0.717) is 25.4 Å². The van der Waals surface area contributed by atoms with E-state index in [4.69, 9.17) is 11.6 Å². The molecule has 0 saturated carbocycles. The van der Waals surface area contributed by atoms with Crippen LogP contribution < -0.4 is 0 Å². The van der Waals surface area contributed by atoms with Gasteiger partial charge in [-0.2, -0.15) is 4.31 Å². The van der Waals surface area contributed by atoms with Crippen molar-refractivity contribution in [3.05, 3.63) is 0 Å². The molecule has 17 heavy (non-hydrogen) atoms. The van der Waals surface area contributed by atoms with Crippen molar-refractivity contribution in [1.29, 1.82) is 0 Å². The Morgan fingerprint density at radius 2 is 1.65 bits per heavy atom. The van der Waals surface area contributed by atoms with Crippen molar-refractivity contribution in [2.75, 3.05) is 37.8 Å². The first-order chi connectivity index (χ1) is 7.77. The van der Waals surface area contributed by atoms with E-state index >= 15 is 0 Å². The minimum absolute atomic E-state index is 0.117. The molecule has 0 aromatic rings. The van der Waals surface area contributed by atoms with Crippen LogP contribution in [0.1, 0.15) is 27.2 Å². The third-order valence-electron chi connectivity index (χ3n) is 3.12. The molecule has 0 amide bonds. The lowest BCUT2D eigenvalue weighted by molar-refractivity contribution is 0.0922. The average Bonchev–Trinajstić information content (AvgIpc) is 2.25. The van der Waals surface area contributed by atoms with Crippen LogP contribution in [0.3, 0.4) is 0 Å². The van der Waals surface area contributed by atoms with Crippen LogP contribution in [0.15, 0.2) is 0 Å². The number of piperazine rings is 1. The molecule has 4 nitrogen and oxygen atoms in total. The first-order valence-corrected chi connectivity index (χ1v) is 8.20. The summed E-state index contributed by atoms with van der Waals surface area (Å²) in [6.45, 7) is 9.29. The number of hydrogen-bond acceptors (Lipinski definition) is 3. The Labute approximate surface area is 110 Å². The van der Waals surface area contributed by atoms with Gasteiger partial charge in [0.05, 0.1) is 5.75 Å². The molecule has 1 rings (SSSR count). The maximum atomic E-state index is 11.9. The molecule has 0 unspecified atom stereocenters. The molecule has 1 fully saturated rings. The number of rotatable bonds is 4. The molecular formula is C11H23ClN2O2S. The maximum absolute atomic E-state index is 11.9. The van der Waals surface area contributed by atoms with Crippen LogP contribution in [0.25, 0.3) is 0 Å². The van der Waals surface area contributed by atoms with Crippen LogP contribution in [0.2, 0.25) is 0 Å². The molecule has 0 spiro atoms. The van der Waals surface area contributed by atoms with E-state index in [0.717, 1.165) is 13.1 Å². The molecule has 6 heteroatoms. The predicted molar refractivity (Wildman–Crippen MR) is 72.0 cm³/mol. The summed E-state index contributed by atoms with van der Waals surface area (Å²) in [6.07, 6.45) is 0.531. The number of nitrogens with zero attached hydrogens (tertiary/aromatic N) is 2. The lowest BCUT2D eigenvalue weighted by Gasteiger charge is -2.41. The Morgan fingerprint density at radius 1 is 1.12 bits per heavy atom. The third-order valence-corrected chi connectivity index (χ3v) is 5.34. The van der Waals surface area contributed by atoms with Crippen LogP contribution in [0.5, 0.6) is 0 Å². The summed E-state index contributed by atoms with van der Waals surface area (Å²) >= 11 is 5.54.